The summed E-state index contributed by atoms with van der Waals surface area (Å²) in [5.74, 6) is -0.393. The van der Waals surface area contributed by atoms with Crippen LogP contribution in [0, 0.1) is 16.7 Å². The largest absolute Gasteiger partial charge is 0.370 e. The van der Waals surface area contributed by atoms with E-state index in [4.69, 9.17) is 5.73 Å². The van der Waals surface area contributed by atoms with Gasteiger partial charge in [0.05, 0.1) is 11.5 Å². The van der Waals surface area contributed by atoms with Crippen LogP contribution >= 0.6 is 0 Å². The molecule has 1 amide bonds. The van der Waals surface area contributed by atoms with Gasteiger partial charge in [-0.1, -0.05) is 0 Å². The van der Waals surface area contributed by atoms with Crippen molar-refractivity contribution in [1.82, 2.24) is 5.32 Å². The summed E-state index contributed by atoms with van der Waals surface area (Å²) in [7, 11) is 0. The third-order valence-electron chi connectivity index (χ3n) is 2.99. The predicted molar refractivity (Wildman–Crippen MR) is 62.4 cm³/mol. The third kappa shape index (κ3) is 2.96. The topological polar surface area (TPSA) is 78.9 Å². The van der Waals surface area contributed by atoms with Crippen molar-refractivity contribution >= 4 is 5.91 Å². The molecule has 0 atom stereocenters. The minimum absolute atomic E-state index is 0.146. The molecule has 0 radical (unpaired) electrons. The lowest BCUT2D eigenvalue weighted by Crippen LogP contribution is -2.61. The number of amides is 1. The van der Waals surface area contributed by atoms with Crippen LogP contribution in [0.2, 0.25) is 0 Å². The lowest BCUT2D eigenvalue weighted by Gasteiger charge is -2.49. The van der Waals surface area contributed by atoms with Gasteiger partial charge in [0, 0.05) is 17.5 Å². The van der Waals surface area contributed by atoms with Gasteiger partial charge in [-0.3, -0.25) is 4.79 Å². The Morgan fingerprint density at radius 3 is 2.06 bits per heavy atom. The molecule has 1 aliphatic rings. The highest BCUT2D eigenvalue weighted by Crippen LogP contribution is 2.43. The third-order valence-corrected chi connectivity index (χ3v) is 2.99. The van der Waals surface area contributed by atoms with E-state index < -0.39 is 11.3 Å². The van der Waals surface area contributed by atoms with E-state index in [2.05, 4.69) is 39.1 Å². The maximum Gasteiger partial charge on any atom is 0.219 e. The number of nitriles is 1. The van der Waals surface area contributed by atoms with Gasteiger partial charge < -0.3 is 11.1 Å². The Balaban J connectivity index is 3.02. The van der Waals surface area contributed by atoms with Crippen LogP contribution in [0.3, 0.4) is 0 Å². The van der Waals surface area contributed by atoms with E-state index in [0.29, 0.717) is 12.8 Å². The summed E-state index contributed by atoms with van der Waals surface area (Å²) >= 11 is 0. The van der Waals surface area contributed by atoms with Crippen LogP contribution in [0.1, 0.15) is 47.0 Å². The molecule has 16 heavy (non-hydrogen) atoms. The van der Waals surface area contributed by atoms with E-state index in [1.807, 2.05) is 0 Å². The van der Waals surface area contributed by atoms with Crippen molar-refractivity contribution in [1.29, 1.82) is 5.26 Å². The molecule has 0 spiro atoms. The van der Waals surface area contributed by atoms with Gasteiger partial charge in [0.15, 0.2) is 0 Å². The zero-order valence-corrected chi connectivity index (χ0v) is 10.6. The molecule has 90 valence electrons. The lowest BCUT2D eigenvalue weighted by atomic mass is 9.65. The van der Waals surface area contributed by atoms with Crippen LogP contribution in [0.15, 0.2) is 0 Å². The Hall–Kier alpha value is -1.08. The van der Waals surface area contributed by atoms with Gasteiger partial charge in [-0.2, -0.15) is 5.26 Å². The fourth-order valence-corrected chi connectivity index (χ4v) is 3.34. The number of carbonyl (C=O) groups excluding carboxylic acids is 1. The number of hydrogen-bond donors (Lipinski definition) is 2. The molecule has 0 unspecified atom stereocenters. The second-order valence-corrected chi connectivity index (χ2v) is 6.28. The molecule has 0 aliphatic carbocycles. The number of piperidine rings is 1. The van der Waals surface area contributed by atoms with E-state index in [-0.39, 0.29) is 17.5 Å². The minimum Gasteiger partial charge on any atom is -0.370 e. The molecule has 1 rings (SSSR count). The monoisotopic (exact) mass is 223 g/mol. The summed E-state index contributed by atoms with van der Waals surface area (Å²) in [6.45, 7) is 8.23. The summed E-state index contributed by atoms with van der Waals surface area (Å²) < 4.78 is 0. The summed E-state index contributed by atoms with van der Waals surface area (Å²) in [5, 5.41) is 12.9. The Morgan fingerprint density at radius 2 is 1.75 bits per heavy atom. The number of carbonyl (C=O) groups is 1. The highest BCUT2D eigenvalue weighted by atomic mass is 16.1. The molecule has 4 nitrogen and oxygen atoms in total. The van der Waals surface area contributed by atoms with E-state index in [0.717, 1.165) is 0 Å². The summed E-state index contributed by atoms with van der Waals surface area (Å²) in [5.41, 5.74) is 4.34. The fraction of sp³-hybridized carbons (Fsp3) is 0.833. The molecule has 1 heterocycles. The van der Waals surface area contributed by atoms with E-state index in [1.165, 1.54) is 0 Å². The molecule has 4 heteroatoms. The standard InChI is InChI=1S/C12H21N3O/c1-10(2)6-12(8-13,5-9(14)16)7-11(3,4)15-10/h15H,5-7H2,1-4H3,(H2,14,16). The van der Waals surface area contributed by atoms with Crippen molar-refractivity contribution in [3.8, 4) is 6.07 Å². The summed E-state index contributed by atoms with van der Waals surface area (Å²) in [6, 6.07) is 2.32. The molecule has 1 saturated heterocycles. The van der Waals surface area contributed by atoms with E-state index >= 15 is 0 Å². The van der Waals surface area contributed by atoms with Crippen LogP contribution in [-0.2, 0) is 4.79 Å². The van der Waals surface area contributed by atoms with Crippen molar-refractivity contribution in [2.75, 3.05) is 0 Å². The number of nitrogens with one attached hydrogen (secondary N) is 1. The molecule has 0 aromatic heterocycles. The first kappa shape index (κ1) is 13.0. The molecule has 1 aliphatic heterocycles. The number of nitrogens with two attached hydrogens (primary N) is 1. The van der Waals surface area contributed by atoms with Gasteiger partial charge in [-0.15, -0.1) is 0 Å². The van der Waals surface area contributed by atoms with Crippen LogP contribution < -0.4 is 11.1 Å². The van der Waals surface area contributed by atoms with Crippen molar-refractivity contribution in [2.24, 2.45) is 11.1 Å². The number of hydrogen-bond acceptors (Lipinski definition) is 3. The smallest absolute Gasteiger partial charge is 0.219 e. The van der Waals surface area contributed by atoms with Gasteiger partial charge in [-0.25, -0.2) is 0 Å². The molecule has 3 N–H and O–H groups in total. The number of nitrogens with zero attached hydrogens (tertiary/aromatic N) is 1. The highest BCUT2D eigenvalue weighted by Gasteiger charge is 2.48. The molecule has 0 aromatic carbocycles. The SMILES string of the molecule is CC1(C)CC(C#N)(CC(N)=O)CC(C)(C)N1. The molecule has 0 bridgehead atoms. The first-order valence-corrected chi connectivity index (χ1v) is 5.59. The van der Waals surface area contributed by atoms with Gasteiger partial charge in [0.25, 0.3) is 0 Å². The lowest BCUT2D eigenvalue weighted by molar-refractivity contribution is -0.120. The molecule has 1 fully saturated rings. The normalized spacial score (nSPS) is 25.7. The first-order chi connectivity index (χ1) is 7.10. The number of primary amides is 1. The van der Waals surface area contributed by atoms with Crippen LogP contribution in [0.5, 0.6) is 0 Å². The first-order valence-electron chi connectivity index (χ1n) is 5.59. The summed E-state index contributed by atoms with van der Waals surface area (Å²) in [6.07, 6.45) is 1.46. The molecular weight excluding hydrogens is 202 g/mol. The maximum atomic E-state index is 11.1. The zero-order chi connectivity index (χ0) is 12.6. The van der Waals surface area contributed by atoms with Gasteiger partial charge in [0.1, 0.15) is 0 Å². The Labute approximate surface area is 97.2 Å². The maximum absolute atomic E-state index is 11.1. The van der Waals surface area contributed by atoms with Crippen LogP contribution in [0.4, 0.5) is 0 Å². The van der Waals surface area contributed by atoms with Crippen molar-refractivity contribution in [2.45, 2.75) is 58.0 Å². The van der Waals surface area contributed by atoms with Gasteiger partial charge in [0.2, 0.25) is 5.91 Å². The van der Waals surface area contributed by atoms with E-state index in [9.17, 15) is 10.1 Å². The Morgan fingerprint density at radius 1 is 1.31 bits per heavy atom. The minimum atomic E-state index is -0.621. The van der Waals surface area contributed by atoms with Crippen molar-refractivity contribution < 1.29 is 4.79 Å². The van der Waals surface area contributed by atoms with Crippen molar-refractivity contribution in [3.05, 3.63) is 0 Å². The van der Waals surface area contributed by atoms with Crippen LogP contribution in [0.25, 0.3) is 0 Å². The number of rotatable bonds is 2. The average molecular weight is 223 g/mol. The quantitative estimate of drug-likeness (QED) is 0.741. The van der Waals surface area contributed by atoms with Crippen molar-refractivity contribution in [3.63, 3.8) is 0 Å². The highest BCUT2D eigenvalue weighted by molar-refractivity contribution is 5.75. The Bertz CT molecular complexity index is 323. The second kappa shape index (κ2) is 3.74. The van der Waals surface area contributed by atoms with Gasteiger partial charge >= 0.3 is 0 Å². The van der Waals surface area contributed by atoms with E-state index in [1.54, 1.807) is 0 Å². The molecule has 0 aromatic rings. The predicted octanol–water partition coefficient (Wildman–Crippen LogP) is 1.31. The molecule has 0 saturated carbocycles. The fourth-order valence-electron chi connectivity index (χ4n) is 3.34. The summed E-state index contributed by atoms with van der Waals surface area (Å²) in [4.78, 5) is 11.1. The molecular formula is C12H21N3O. The zero-order valence-electron chi connectivity index (χ0n) is 10.6. The van der Waals surface area contributed by atoms with Crippen LogP contribution in [-0.4, -0.2) is 17.0 Å². The Kier molecular flexibility index (Phi) is 3.04. The second-order valence-electron chi connectivity index (χ2n) is 6.28. The average Bonchev–Trinajstić information content (AvgIpc) is 1.96. The van der Waals surface area contributed by atoms with Gasteiger partial charge in [-0.05, 0) is 40.5 Å².